The van der Waals surface area contributed by atoms with Crippen LogP contribution in [0, 0.1) is 23.7 Å². The molecular weight excluding hydrogens is 532 g/mol. The van der Waals surface area contributed by atoms with E-state index >= 15 is 0 Å². The van der Waals surface area contributed by atoms with Crippen LogP contribution in [0.2, 0.25) is 0 Å². The normalized spacial score (nSPS) is 35.4. The topological polar surface area (TPSA) is 180 Å². The number of ether oxygens (including phenoxy) is 2. The van der Waals surface area contributed by atoms with Crippen LogP contribution in [0.5, 0.6) is 0 Å². The number of hydrogen-bond acceptors (Lipinski definition) is 10. The average molecular weight is 567 g/mol. The Kier molecular flexibility index (Phi) is 8.27. The zero-order valence-corrected chi connectivity index (χ0v) is 22.5. The molecular formula is C31H34O10. The molecule has 0 bridgehead atoms. The van der Waals surface area contributed by atoms with E-state index in [4.69, 9.17) is 9.47 Å². The smallest absolute Gasteiger partial charge is 0.147 e. The van der Waals surface area contributed by atoms with E-state index in [1.54, 1.807) is 0 Å². The molecule has 0 spiro atoms. The second-order valence-corrected chi connectivity index (χ2v) is 11.2. The first-order chi connectivity index (χ1) is 19.5. The maximum atomic E-state index is 10.3. The lowest BCUT2D eigenvalue weighted by Crippen LogP contribution is -2.58. The minimum absolute atomic E-state index is 0.424. The molecule has 2 saturated heterocycles. The highest BCUT2D eigenvalue weighted by atomic mass is 16.5. The maximum Gasteiger partial charge on any atom is 0.147 e. The molecule has 3 aliphatic rings. The van der Waals surface area contributed by atoms with Gasteiger partial charge in [-0.05, 0) is 46.5 Å². The van der Waals surface area contributed by atoms with Crippen LogP contribution in [-0.2, 0) is 14.9 Å². The summed E-state index contributed by atoms with van der Waals surface area (Å²) in [4.78, 5) is 0. The summed E-state index contributed by atoms with van der Waals surface area (Å²) in [5.74, 6) is 11.6. The molecule has 2 heterocycles. The third-order valence-electron chi connectivity index (χ3n) is 8.18. The molecule has 41 heavy (non-hydrogen) atoms. The van der Waals surface area contributed by atoms with E-state index in [2.05, 4.69) is 37.5 Å². The monoisotopic (exact) mass is 566 g/mol. The predicted octanol–water partition coefficient (Wildman–Crippen LogP) is -1.62. The Bertz CT molecular complexity index is 1310. The molecule has 0 amide bonds. The van der Waals surface area contributed by atoms with Crippen LogP contribution in [0.3, 0.4) is 0 Å². The molecule has 1 aliphatic carbocycles. The Morgan fingerprint density at radius 2 is 1.00 bits per heavy atom. The van der Waals surface area contributed by atoms with Crippen LogP contribution in [0.15, 0.2) is 36.4 Å². The molecule has 10 atom stereocenters. The molecule has 0 unspecified atom stereocenters. The van der Waals surface area contributed by atoms with E-state index in [0.29, 0.717) is 11.1 Å². The standard InChI is InChI=1S/C31H34O10/c1-31(2)19-11-15(5-9-21-25(34)29(38)27(36)23(13-32)40-21)3-7-17(19)18-8-4-16(12-20(18)31)6-10-22-26(35)30(39)28(37)24(14-33)41-22/h3-4,7-8,11-12,21-30,32-39H,13-14H2,1-2H3/t21-,22-,23-,24-,25-,26-,27-,28-,29-,30-/m1/s1. The summed E-state index contributed by atoms with van der Waals surface area (Å²) >= 11 is 0. The van der Waals surface area contributed by atoms with Gasteiger partial charge in [-0.15, -0.1) is 0 Å². The van der Waals surface area contributed by atoms with Crippen molar-refractivity contribution >= 4 is 0 Å². The molecule has 2 aromatic carbocycles. The van der Waals surface area contributed by atoms with Crippen LogP contribution in [0.1, 0.15) is 36.1 Å². The van der Waals surface area contributed by atoms with Gasteiger partial charge in [-0.1, -0.05) is 49.7 Å². The second kappa shape index (κ2) is 11.4. The Morgan fingerprint density at radius 3 is 1.37 bits per heavy atom. The van der Waals surface area contributed by atoms with Gasteiger partial charge in [0.25, 0.3) is 0 Å². The van der Waals surface area contributed by atoms with Crippen molar-refractivity contribution in [2.24, 2.45) is 0 Å². The van der Waals surface area contributed by atoms with Crippen LogP contribution < -0.4 is 0 Å². The van der Waals surface area contributed by atoms with Gasteiger partial charge in [-0.3, -0.25) is 0 Å². The number of fused-ring (bicyclic) bond motifs is 3. The van der Waals surface area contributed by atoms with Crippen LogP contribution >= 0.6 is 0 Å². The predicted molar refractivity (Wildman–Crippen MR) is 145 cm³/mol. The van der Waals surface area contributed by atoms with E-state index in [1.807, 2.05) is 36.4 Å². The highest BCUT2D eigenvalue weighted by molar-refractivity contribution is 5.82. The maximum absolute atomic E-state index is 10.3. The molecule has 218 valence electrons. The van der Waals surface area contributed by atoms with Crippen molar-refractivity contribution < 1.29 is 50.3 Å². The van der Waals surface area contributed by atoms with Gasteiger partial charge < -0.3 is 50.3 Å². The lowest BCUT2D eigenvalue weighted by molar-refractivity contribution is -0.214. The van der Waals surface area contributed by atoms with E-state index in [0.717, 1.165) is 22.3 Å². The molecule has 10 nitrogen and oxygen atoms in total. The van der Waals surface area contributed by atoms with Gasteiger partial charge in [-0.2, -0.15) is 0 Å². The van der Waals surface area contributed by atoms with Gasteiger partial charge in [0.15, 0.2) is 0 Å². The number of aliphatic hydroxyl groups is 8. The van der Waals surface area contributed by atoms with E-state index in [-0.39, 0.29) is 0 Å². The fraction of sp³-hybridized carbons (Fsp3) is 0.484. The number of rotatable bonds is 2. The summed E-state index contributed by atoms with van der Waals surface area (Å²) < 4.78 is 11.0. The van der Waals surface area contributed by atoms with Gasteiger partial charge >= 0.3 is 0 Å². The first kappa shape index (κ1) is 29.6. The third-order valence-corrected chi connectivity index (χ3v) is 8.18. The number of aliphatic hydroxyl groups excluding tert-OH is 8. The Morgan fingerprint density at radius 1 is 0.610 bits per heavy atom. The Balaban J connectivity index is 1.39. The average Bonchev–Trinajstić information content (AvgIpc) is 3.19. The van der Waals surface area contributed by atoms with Crippen molar-refractivity contribution in [1.29, 1.82) is 0 Å². The summed E-state index contributed by atoms with van der Waals surface area (Å²) in [7, 11) is 0. The summed E-state index contributed by atoms with van der Waals surface area (Å²) in [5, 5.41) is 79.4. The third kappa shape index (κ3) is 5.29. The molecule has 0 radical (unpaired) electrons. The summed E-state index contributed by atoms with van der Waals surface area (Å²) in [6, 6.07) is 11.5. The lowest BCUT2D eigenvalue weighted by atomic mass is 9.81. The quantitative estimate of drug-likeness (QED) is 0.197. The Hall–Kier alpha value is -2.84. The summed E-state index contributed by atoms with van der Waals surface area (Å²) in [6.45, 7) is 3.09. The van der Waals surface area contributed by atoms with E-state index < -0.39 is 79.7 Å². The molecule has 2 fully saturated rings. The fourth-order valence-electron chi connectivity index (χ4n) is 5.64. The second-order valence-electron chi connectivity index (χ2n) is 11.2. The molecule has 2 aliphatic heterocycles. The fourth-order valence-corrected chi connectivity index (χ4v) is 5.64. The molecule has 2 aromatic rings. The SMILES string of the molecule is CC1(C)c2cc(C#C[C@H]3O[C@H](CO)[C@@H](O)[C@H](O)[C@@H]3O)ccc2-c2ccc(C#C[C@H]3O[C@H](CO)[C@@H](O)[C@H](O)[C@@H]3O)cc21. The van der Waals surface area contributed by atoms with Gasteiger partial charge in [-0.25, -0.2) is 0 Å². The molecule has 10 heteroatoms. The van der Waals surface area contributed by atoms with Crippen molar-refractivity contribution in [2.75, 3.05) is 13.2 Å². The molecule has 0 aromatic heterocycles. The Labute approximate surface area is 237 Å². The lowest BCUT2D eigenvalue weighted by Gasteiger charge is -2.37. The zero-order chi connectivity index (χ0) is 29.6. The van der Waals surface area contributed by atoms with Crippen molar-refractivity contribution in [2.45, 2.75) is 80.3 Å². The molecule has 5 rings (SSSR count). The molecule has 8 N–H and O–H groups in total. The van der Waals surface area contributed by atoms with Crippen molar-refractivity contribution in [3.63, 3.8) is 0 Å². The first-order valence-corrected chi connectivity index (χ1v) is 13.4. The zero-order valence-electron chi connectivity index (χ0n) is 22.5. The highest BCUT2D eigenvalue weighted by Crippen LogP contribution is 2.49. The van der Waals surface area contributed by atoms with Crippen molar-refractivity contribution in [1.82, 2.24) is 0 Å². The van der Waals surface area contributed by atoms with Gasteiger partial charge in [0, 0.05) is 16.5 Å². The van der Waals surface area contributed by atoms with E-state index in [9.17, 15) is 40.9 Å². The number of benzene rings is 2. The minimum Gasteiger partial charge on any atom is -0.394 e. The van der Waals surface area contributed by atoms with Gasteiger partial charge in [0.2, 0.25) is 0 Å². The van der Waals surface area contributed by atoms with Gasteiger partial charge in [0.05, 0.1) is 13.2 Å². The van der Waals surface area contributed by atoms with Gasteiger partial charge in [0.1, 0.15) is 61.0 Å². The van der Waals surface area contributed by atoms with Crippen LogP contribution in [0.4, 0.5) is 0 Å². The first-order valence-electron chi connectivity index (χ1n) is 13.4. The summed E-state index contributed by atoms with van der Waals surface area (Å²) in [5.41, 5.74) is 4.98. The van der Waals surface area contributed by atoms with Crippen molar-refractivity contribution in [3.8, 4) is 34.8 Å². The largest absolute Gasteiger partial charge is 0.394 e. The molecule has 0 saturated carbocycles. The minimum atomic E-state index is -1.49. The number of hydrogen-bond donors (Lipinski definition) is 8. The summed E-state index contributed by atoms with van der Waals surface area (Å²) in [6.07, 6.45) is -13.0. The van der Waals surface area contributed by atoms with Crippen LogP contribution in [-0.4, -0.2) is 115 Å². The highest BCUT2D eigenvalue weighted by Gasteiger charge is 2.44. The van der Waals surface area contributed by atoms with Crippen LogP contribution in [0.25, 0.3) is 11.1 Å². The van der Waals surface area contributed by atoms with Crippen molar-refractivity contribution in [3.05, 3.63) is 58.7 Å². The van der Waals surface area contributed by atoms with E-state index in [1.165, 1.54) is 0 Å².